The van der Waals surface area contributed by atoms with Crippen molar-refractivity contribution in [1.29, 1.82) is 0 Å². The lowest BCUT2D eigenvalue weighted by Gasteiger charge is -2.15. The van der Waals surface area contributed by atoms with E-state index in [-0.39, 0.29) is 18.2 Å². The van der Waals surface area contributed by atoms with E-state index < -0.39 is 0 Å². The van der Waals surface area contributed by atoms with E-state index in [9.17, 15) is 9.59 Å². The van der Waals surface area contributed by atoms with Crippen LogP contribution in [0.4, 0.5) is 5.69 Å². The van der Waals surface area contributed by atoms with Crippen LogP contribution in [-0.2, 0) is 9.59 Å². The van der Waals surface area contributed by atoms with Crippen molar-refractivity contribution in [1.82, 2.24) is 26.0 Å². The summed E-state index contributed by atoms with van der Waals surface area (Å²) in [6.07, 6.45) is -0.133. The van der Waals surface area contributed by atoms with E-state index in [1.54, 1.807) is 24.3 Å². The fraction of sp³-hybridized carbons (Fsp3) is 0.100. The summed E-state index contributed by atoms with van der Waals surface area (Å²) in [5.41, 5.74) is 3.74. The summed E-state index contributed by atoms with van der Waals surface area (Å²) in [5, 5.41) is 14.7. The average Bonchev–Trinajstić information content (AvgIpc) is 2.99. The highest BCUT2D eigenvalue weighted by Crippen LogP contribution is 2.22. The third-order valence-corrected chi connectivity index (χ3v) is 2.51. The number of aromatic nitrogens is 4. The van der Waals surface area contributed by atoms with Crippen LogP contribution in [0.5, 0.6) is 0 Å². The SMILES string of the molecule is O=C1CC(=O)N(c2cccc(-c3nn[nH]n3)c2)N1. The van der Waals surface area contributed by atoms with Gasteiger partial charge in [-0.3, -0.25) is 15.0 Å². The van der Waals surface area contributed by atoms with E-state index in [1.807, 2.05) is 0 Å². The number of tetrazole rings is 1. The maximum atomic E-state index is 11.6. The van der Waals surface area contributed by atoms with Crippen molar-refractivity contribution >= 4 is 17.5 Å². The van der Waals surface area contributed by atoms with Gasteiger partial charge in [0.15, 0.2) is 0 Å². The lowest BCUT2D eigenvalue weighted by molar-refractivity contribution is -0.122. The van der Waals surface area contributed by atoms with Crippen LogP contribution >= 0.6 is 0 Å². The summed E-state index contributed by atoms with van der Waals surface area (Å²) >= 11 is 0. The van der Waals surface area contributed by atoms with Gasteiger partial charge in [-0.2, -0.15) is 5.21 Å². The molecule has 1 fully saturated rings. The van der Waals surface area contributed by atoms with Gasteiger partial charge in [-0.25, -0.2) is 5.01 Å². The van der Waals surface area contributed by atoms with Gasteiger partial charge in [0, 0.05) is 5.56 Å². The van der Waals surface area contributed by atoms with E-state index in [4.69, 9.17) is 0 Å². The van der Waals surface area contributed by atoms with Crippen molar-refractivity contribution in [3.63, 3.8) is 0 Å². The molecule has 1 aromatic heterocycles. The van der Waals surface area contributed by atoms with Crippen LogP contribution in [0.15, 0.2) is 24.3 Å². The number of benzene rings is 1. The molecule has 1 saturated heterocycles. The molecule has 0 atom stereocenters. The molecule has 1 aliphatic rings. The number of aromatic amines is 1. The number of hydrogen-bond acceptors (Lipinski definition) is 5. The van der Waals surface area contributed by atoms with Gasteiger partial charge >= 0.3 is 0 Å². The second kappa shape index (κ2) is 3.91. The zero-order chi connectivity index (χ0) is 12.5. The third kappa shape index (κ3) is 1.69. The molecule has 1 aromatic carbocycles. The number of H-pyrrole nitrogens is 1. The number of nitrogens with zero attached hydrogens (tertiary/aromatic N) is 4. The Labute approximate surface area is 101 Å². The number of anilines is 1. The highest BCUT2D eigenvalue weighted by molar-refractivity contribution is 6.11. The number of nitrogens with one attached hydrogen (secondary N) is 2. The molecular weight excluding hydrogens is 236 g/mol. The van der Waals surface area contributed by atoms with Crippen molar-refractivity contribution in [2.75, 3.05) is 5.01 Å². The quantitative estimate of drug-likeness (QED) is 0.702. The molecular formula is C10H8N6O2. The molecule has 90 valence electrons. The molecule has 8 heteroatoms. The number of amides is 2. The van der Waals surface area contributed by atoms with Crippen LogP contribution in [-0.4, -0.2) is 32.4 Å². The molecule has 0 saturated carbocycles. The Balaban J connectivity index is 1.97. The van der Waals surface area contributed by atoms with Gasteiger partial charge in [0.1, 0.15) is 6.42 Å². The van der Waals surface area contributed by atoms with Crippen LogP contribution < -0.4 is 10.4 Å². The van der Waals surface area contributed by atoms with Gasteiger partial charge in [0.05, 0.1) is 5.69 Å². The normalized spacial score (nSPS) is 15.0. The van der Waals surface area contributed by atoms with E-state index in [0.29, 0.717) is 17.1 Å². The smallest absolute Gasteiger partial charge is 0.255 e. The molecule has 1 aliphatic heterocycles. The highest BCUT2D eigenvalue weighted by Gasteiger charge is 2.28. The summed E-state index contributed by atoms with van der Waals surface area (Å²) in [6.45, 7) is 0. The Morgan fingerprint density at radius 3 is 2.83 bits per heavy atom. The third-order valence-electron chi connectivity index (χ3n) is 2.51. The van der Waals surface area contributed by atoms with Gasteiger partial charge < -0.3 is 0 Å². The van der Waals surface area contributed by atoms with Crippen molar-refractivity contribution < 1.29 is 9.59 Å². The molecule has 2 N–H and O–H groups in total. The Morgan fingerprint density at radius 1 is 1.28 bits per heavy atom. The lowest BCUT2D eigenvalue weighted by Crippen LogP contribution is -2.35. The first-order chi connectivity index (χ1) is 8.74. The van der Waals surface area contributed by atoms with Gasteiger partial charge in [-0.1, -0.05) is 12.1 Å². The molecule has 0 aliphatic carbocycles. The van der Waals surface area contributed by atoms with Gasteiger partial charge in [-0.15, -0.1) is 10.2 Å². The number of carbonyl (C=O) groups excluding carboxylic acids is 2. The largest absolute Gasteiger partial charge is 0.273 e. The summed E-state index contributed by atoms with van der Waals surface area (Å²) in [4.78, 5) is 22.7. The van der Waals surface area contributed by atoms with E-state index in [0.717, 1.165) is 0 Å². The van der Waals surface area contributed by atoms with Crippen molar-refractivity contribution in [3.05, 3.63) is 24.3 Å². The molecule has 2 aromatic rings. The molecule has 3 rings (SSSR count). The van der Waals surface area contributed by atoms with Crippen LogP contribution in [0, 0.1) is 0 Å². The Hall–Kier alpha value is -2.77. The molecule has 2 heterocycles. The number of hydrazine groups is 1. The molecule has 0 bridgehead atoms. The Kier molecular flexibility index (Phi) is 2.26. The molecule has 0 unspecified atom stereocenters. The summed E-state index contributed by atoms with van der Waals surface area (Å²) in [6, 6.07) is 6.96. The second-order valence-electron chi connectivity index (χ2n) is 3.73. The van der Waals surface area contributed by atoms with Crippen molar-refractivity contribution in [2.45, 2.75) is 6.42 Å². The van der Waals surface area contributed by atoms with E-state index >= 15 is 0 Å². The van der Waals surface area contributed by atoms with Gasteiger partial charge in [0.25, 0.3) is 5.91 Å². The van der Waals surface area contributed by atoms with Crippen LogP contribution in [0.3, 0.4) is 0 Å². The molecule has 8 nitrogen and oxygen atoms in total. The van der Waals surface area contributed by atoms with E-state index in [1.165, 1.54) is 5.01 Å². The Bertz CT molecular complexity index is 609. The first kappa shape index (κ1) is 10.4. The predicted molar refractivity (Wildman–Crippen MR) is 59.9 cm³/mol. The molecule has 0 radical (unpaired) electrons. The zero-order valence-electron chi connectivity index (χ0n) is 9.12. The topological polar surface area (TPSA) is 104 Å². The lowest BCUT2D eigenvalue weighted by atomic mass is 10.2. The number of carbonyl (C=O) groups is 2. The van der Waals surface area contributed by atoms with Crippen LogP contribution in [0.1, 0.15) is 6.42 Å². The fourth-order valence-corrected chi connectivity index (χ4v) is 1.72. The maximum absolute atomic E-state index is 11.6. The minimum Gasteiger partial charge on any atom is -0.273 e. The molecule has 2 amide bonds. The van der Waals surface area contributed by atoms with Crippen molar-refractivity contribution in [3.8, 4) is 11.4 Å². The highest BCUT2D eigenvalue weighted by atomic mass is 16.2. The predicted octanol–water partition coefficient (Wildman–Crippen LogP) is -0.365. The Morgan fingerprint density at radius 2 is 2.17 bits per heavy atom. The monoisotopic (exact) mass is 244 g/mol. The second-order valence-corrected chi connectivity index (χ2v) is 3.73. The first-order valence-corrected chi connectivity index (χ1v) is 5.20. The fourth-order valence-electron chi connectivity index (χ4n) is 1.72. The minimum atomic E-state index is -0.315. The number of rotatable bonds is 2. The summed E-state index contributed by atoms with van der Waals surface area (Å²) in [7, 11) is 0. The average molecular weight is 244 g/mol. The van der Waals surface area contributed by atoms with E-state index in [2.05, 4.69) is 26.0 Å². The zero-order valence-corrected chi connectivity index (χ0v) is 9.12. The van der Waals surface area contributed by atoms with Crippen LogP contribution in [0.2, 0.25) is 0 Å². The molecule has 18 heavy (non-hydrogen) atoms. The summed E-state index contributed by atoms with van der Waals surface area (Å²) in [5.74, 6) is -0.176. The van der Waals surface area contributed by atoms with Crippen molar-refractivity contribution in [2.24, 2.45) is 0 Å². The summed E-state index contributed by atoms with van der Waals surface area (Å²) < 4.78 is 0. The number of hydrogen-bond donors (Lipinski definition) is 2. The first-order valence-electron chi connectivity index (χ1n) is 5.20. The van der Waals surface area contributed by atoms with Gasteiger partial charge in [0.2, 0.25) is 11.7 Å². The van der Waals surface area contributed by atoms with Crippen LogP contribution in [0.25, 0.3) is 11.4 Å². The minimum absolute atomic E-state index is 0.133. The molecule has 0 spiro atoms. The maximum Gasteiger partial charge on any atom is 0.255 e. The van der Waals surface area contributed by atoms with Gasteiger partial charge in [-0.05, 0) is 17.3 Å². The standard InChI is InChI=1S/C10H8N6O2/c17-8-5-9(18)16(13-8)7-3-1-2-6(4-7)10-11-14-15-12-10/h1-4H,5H2,(H,13,17)(H,11,12,14,15).